The van der Waals surface area contributed by atoms with Crippen molar-refractivity contribution in [3.05, 3.63) is 0 Å². The van der Waals surface area contributed by atoms with Gasteiger partial charge >= 0.3 is 0 Å². The quantitative estimate of drug-likeness (QED) is 0.657. The minimum atomic E-state index is 0.343. The average molecular weight is 183 g/mol. The maximum atomic E-state index is 8.55. The number of nitrogens with one attached hydrogen (secondary N) is 1. The summed E-state index contributed by atoms with van der Waals surface area (Å²) in [5, 5.41) is 11.9. The van der Waals surface area contributed by atoms with Gasteiger partial charge < -0.3 is 10.1 Å². The minimum absolute atomic E-state index is 0.343. The van der Waals surface area contributed by atoms with E-state index >= 15 is 0 Å². The van der Waals surface area contributed by atoms with Crippen LogP contribution in [-0.4, -0.2) is 50.8 Å². The Labute approximate surface area is 79.5 Å². The van der Waals surface area contributed by atoms with Gasteiger partial charge in [-0.15, -0.1) is 0 Å². The molecule has 0 aromatic rings. The van der Waals surface area contributed by atoms with Gasteiger partial charge in [0, 0.05) is 39.3 Å². The highest BCUT2D eigenvalue weighted by Crippen LogP contribution is 2.01. The molecule has 0 aliphatic carbocycles. The molecule has 4 heteroatoms. The summed E-state index contributed by atoms with van der Waals surface area (Å²) in [6, 6.07) is 2.54. The molecule has 1 saturated heterocycles. The van der Waals surface area contributed by atoms with Gasteiger partial charge in [-0.1, -0.05) is 0 Å². The molecule has 1 aliphatic heterocycles. The van der Waals surface area contributed by atoms with E-state index in [0.29, 0.717) is 12.5 Å². The number of nitriles is 1. The van der Waals surface area contributed by atoms with Crippen LogP contribution in [0.5, 0.6) is 0 Å². The zero-order chi connectivity index (χ0) is 9.52. The highest BCUT2D eigenvalue weighted by Gasteiger charge is 2.17. The zero-order valence-electron chi connectivity index (χ0n) is 8.12. The van der Waals surface area contributed by atoms with Crippen molar-refractivity contribution in [3.63, 3.8) is 0 Å². The first-order valence-corrected chi connectivity index (χ1v) is 4.68. The van der Waals surface area contributed by atoms with Crippen LogP contribution in [0.25, 0.3) is 0 Å². The lowest BCUT2D eigenvalue weighted by molar-refractivity contribution is 0.126. The highest BCUT2D eigenvalue weighted by molar-refractivity contribution is 4.86. The average Bonchev–Trinajstić information content (AvgIpc) is 2.16. The molecule has 1 rings (SSSR count). The van der Waals surface area contributed by atoms with Crippen LogP contribution < -0.4 is 5.32 Å². The van der Waals surface area contributed by atoms with E-state index in [1.165, 1.54) is 0 Å². The first-order chi connectivity index (χ1) is 6.36. The van der Waals surface area contributed by atoms with Crippen LogP contribution in [0.4, 0.5) is 0 Å². The molecule has 0 radical (unpaired) electrons. The summed E-state index contributed by atoms with van der Waals surface area (Å²) in [5.41, 5.74) is 0. The molecule has 13 heavy (non-hydrogen) atoms. The van der Waals surface area contributed by atoms with Crippen molar-refractivity contribution in [2.24, 2.45) is 0 Å². The number of piperazine rings is 1. The molecule has 0 aromatic carbocycles. The van der Waals surface area contributed by atoms with Gasteiger partial charge in [0.25, 0.3) is 0 Å². The van der Waals surface area contributed by atoms with Crippen molar-refractivity contribution in [1.29, 1.82) is 5.26 Å². The van der Waals surface area contributed by atoms with E-state index in [1.54, 1.807) is 7.11 Å². The Balaban J connectivity index is 2.21. The zero-order valence-corrected chi connectivity index (χ0v) is 8.12. The van der Waals surface area contributed by atoms with Crippen molar-refractivity contribution in [3.8, 4) is 6.07 Å². The molecule has 74 valence electrons. The number of hydrogen-bond acceptors (Lipinski definition) is 4. The third-order valence-electron chi connectivity index (χ3n) is 2.29. The Morgan fingerprint density at radius 1 is 1.69 bits per heavy atom. The summed E-state index contributed by atoms with van der Waals surface area (Å²) < 4.78 is 5.01. The van der Waals surface area contributed by atoms with Gasteiger partial charge in [-0.3, -0.25) is 4.90 Å². The predicted octanol–water partition coefficient (Wildman–Crippen LogP) is -0.180. The lowest BCUT2D eigenvalue weighted by atomic mass is 10.1. The van der Waals surface area contributed by atoms with Gasteiger partial charge in [0.05, 0.1) is 19.1 Å². The fraction of sp³-hybridized carbons (Fsp3) is 0.889. The molecule has 0 saturated carbocycles. The molecular weight excluding hydrogens is 166 g/mol. The lowest BCUT2D eigenvalue weighted by Crippen LogP contribution is -2.51. The van der Waals surface area contributed by atoms with Crippen LogP contribution in [0, 0.1) is 11.3 Å². The maximum Gasteiger partial charge on any atom is 0.0638 e. The summed E-state index contributed by atoms with van der Waals surface area (Å²) >= 11 is 0. The van der Waals surface area contributed by atoms with Crippen LogP contribution in [0.15, 0.2) is 0 Å². The molecule has 0 amide bonds. The van der Waals surface area contributed by atoms with Crippen LogP contribution in [-0.2, 0) is 4.74 Å². The van der Waals surface area contributed by atoms with E-state index in [1.807, 2.05) is 0 Å². The van der Waals surface area contributed by atoms with E-state index in [0.717, 1.165) is 32.8 Å². The van der Waals surface area contributed by atoms with Crippen molar-refractivity contribution in [2.45, 2.75) is 12.5 Å². The summed E-state index contributed by atoms with van der Waals surface area (Å²) in [7, 11) is 1.72. The minimum Gasteiger partial charge on any atom is -0.383 e. The first-order valence-electron chi connectivity index (χ1n) is 4.68. The molecule has 0 bridgehead atoms. The van der Waals surface area contributed by atoms with E-state index in [2.05, 4.69) is 16.3 Å². The van der Waals surface area contributed by atoms with E-state index in [-0.39, 0.29) is 0 Å². The van der Waals surface area contributed by atoms with Gasteiger partial charge in [-0.25, -0.2) is 0 Å². The van der Waals surface area contributed by atoms with Gasteiger partial charge in [0.15, 0.2) is 0 Å². The molecular formula is C9H17N3O. The Hall–Kier alpha value is -0.630. The molecule has 1 N–H and O–H groups in total. The molecule has 1 heterocycles. The van der Waals surface area contributed by atoms with Crippen LogP contribution in [0.3, 0.4) is 0 Å². The van der Waals surface area contributed by atoms with E-state index < -0.39 is 0 Å². The largest absolute Gasteiger partial charge is 0.383 e. The number of hydrogen-bond donors (Lipinski definition) is 1. The molecule has 1 unspecified atom stereocenters. The fourth-order valence-electron chi connectivity index (χ4n) is 1.56. The predicted molar refractivity (Wildman–Crippen MR) is 50.3 cm³/mol. The fourth-order valence-corrected chi connectivity index (χ4v) is 1.56. The molecule has 0 aromatic heterocycles. The van der Waals surface area contributed by atoms with Crippen LogP contribution in [0.2, 0.25) is 0 Å². The Morgan fingerprint density at radius 2 is 2.54 bits per heavy atom. The van der Waals surface area contributed by atoms with Crippen LogP contribution >= 0.6 is 0 Å². The maximum absolute atomic E-state index is 8.55. The molecule has 1 aliphatic rings. The number of methoxy groups -OCH3 is 1. The van der Waals surface area contributed by atoms with Gasteiger partial charge in [0.1, 0.15) is 0 Å². The molecule has 1 atom stereocenters. The first kappa shape index (κ1) is 10.5. The smallest absolute Gasteiger partial charge is 0.0638 e. The summed E-state index contributed by atoms with van der Waals surface area (Å²) in [6.45, 7) is 4.76. The van der Waals surface area contributed by atoms with Crippen molar-refractivity contribution in [2.75, 3.05) is 39.9 Å². The summed E-state index contributed by atoms with van der Waals surface area (Å²) in [5.74, 6) is 0. The van der Waals surface area contributed by atoms with E-state index in [9.17, 15) is 0 Å². The normalized spacial score (nSPS) is 24.2. The Kier molecular flexibility index (Phi) is 4.76. The topological polar surface area (TPSA) is 48.3 Å². The highest BCUT2D eigenvalue weighted by atomic mass is 16.5. The number of rotatable bonds is 4. The number of ether oxygens (including phenoxy) is 1. The Morgan fingerprint density at radius 3 is 3.23 bits per heavy atom. The second kappa shape index (κ2) is 5.92. The van der Waals surface area contributed by atoms with Crippen LogP contribution in [0.1, 0.15) is 6.42 Å². The lowest BCUT2D eigenvalue weighted by Gasteiger charge is -2.32. The second-order valence-corrected chi connectivity index (χ2v) is 3.31. The Bertz CT molecular complexity index is 178. The van der Waals surface area contributed by atoms with Crippen molar-refractivity contribution < 1.29 is 4.74 Å². The summed E-state index contributed by atoms with van der Waals surface area (Å²) in [4.78, 5) is 2.34. The second-order valence-electron chi connectivity index (χ2n) is 3.31. The van der Waals surface area contributed by atoms with Gasteiger partial charge in [-0.05, 0) is 0 Å². The molecule has 1 fully saturated rings. The standard InChI is InChI=1S/C9H17N3O/c1-13-7-6-12-5-4-11-9(8-12)2-3-10/h9,11H,2,4-8H2,1H3. The van der Waals surface area contributed by atoms with Crippen molar-refractivity contribution in [1.82, 2.24) is 10.2 Å². The molecule has 4 nitrogen and oxygen atoms in total. The third kappa shape index (κ3) is 3.73. The summed E-state index contributed by atoms with van der Waals surface area (Å²) in [6.07, 6.45) is 0.601. The number of nitrogens with zero attached hydrogens (tertiary/aromatic N) is 2. The molecule has 0 spiro atoms. The van der Waals surface area contributed by atoms with E-state index in [4.69, 9.17) is 10.00 Å². The third-order valence-corrected chi connectivity index (χ3v) is 2.29. The monoisotopic (exact) mass is 183 g/mol. The van der Waals surface area contributed by atoms with Gasteiger partial charge in [-0.2, -0.15) is 5.26 Å². The SMILES string of the molecule is COCCN1CCNC(CC#N)C1. The van der Waals surface area contributed by atoms with Gasteiger partial charge in [0.2, 0.25) is 0 Å². The van der Waals surface area contributed by atoms with Crippen molar-refractivity contribution >= 4 is 0 Å².